The molecule has 1 aliphatic heterocycles. The standard InChI is InChI=1S/C21H26N2O4S/c1-17(27-19-8-10-20(11-9-19)28(2,25)26)21(24)23-14-12-22(13-15-23)16-18-6-4-3-5-7-18/h3-11,17H,12-16H2,1-2H3. The number of rotatable bonds is 6. The summed E-state index contributed by atoms with van der Waals surface area (Å²) >= 11 is 0. The second kappa shape index (κ2) is 8.75. The summed E-state index contributed by atoms with van der Waals surface area (Å²) in [6.07, 6.45) is 0.539. The molecule has 7 heteroatoms. The first-order chi connectivity index (χ1) is 13.3. The molecule has 0 bridgehead atoms. The van der Waals surface area contributed by atoms with Crippen molar-refractivity contribution in [1.29, 1.82) is 0 Å². The molecule has 1 fully saturated rings. The Hall–Kier alpha value is -2.38. The molecule has 3 rings (SSSR count). The second-order valence-corrected chi connectivity index (χ2v) is 9.11. The number of ether oxygens (including phenoxy) is 1. The van der Waals surface area contributed by atoms with Gasteiger partial charge in [-0.2, -0.15) is 0 Å². The van der Waals surface area contributed by atoms with Gasteiger partial charge in [0.05, 0.1) is 4.90 Å². The van der Waals surface area contributed by atoms with Crippen molar-refractivity contribution in [3.8, 4) is 5.75 Å². The van der Waals surface area contributed by atoms with Crippen LogP contribution in [0.2, 0.25) is 0 Å². The van der Waals surface area contributed by atoms with E-state index in [1.54, 1.807) is 19.1 Å². The molecule has 1 saturated heterocycles. The number of carbonyl (C=O) groups is 1. The van der Waals surface area contributed by atoms with Gasteiger partial charge in [0.15, 0.2) is 15.9 Å². The lowest BCUT2D eigenvalue weighted by molar-refractivity contribution is -0.139. The van der Waals surface area contributed by atoms with Crippen molar-refractivity contribution in [3.63, 3.8) is 0 Å². The number of hydrogen-bond acceptors (Lipinski definition) is 5. The zero-order valence-electron chi connectivity index (χ0n) is 16.2. The maximum atomic E-state index is 12.7. The first kappa shape index (κ1) is 20.4. The van der Waals surface area contributed by atoms with E-state index in [1.165, 1.54) is 17.7 Å². The molecule has 2 aromatic carbocycles. The summed E-state index contributed by atoms with van der Waals surface area (Å²) in [4.78, 5) is 17.1. The zero-order valence-corrected chi connectivity index (χ0v) is 17.1. The molecule has 1 atom stereocenters. The Morgan fingerprint density at radius 1 is 1.00 bits per heavy atom. The Morgan fingerprint density at radius 2 is 1.61 bits per heavy atom. The minimum atomic E-state index is -3.24. The van der Waals surface area contributed by atoms with Gasteiger partial charge in [0.1, 0.15) is 5.75 Å². The highest BCUT2D eigenvalue weighted by Crippen LogP contribution is 2.18. The third-order valence-electron chi connectivity index (χ3n) is 4.85. The maximum absolute atomic E-state index is 12.7. The van der Waals surface area contributed by atoms with Crippen LogP contribution in [0.3, 0.4) is 0 Å². The van der Waals surface area contributed by atoms with E-state index in [2.05, 4.69) is 17.0 Å². The van der Waals surface area contributed by atoms with Gasteiger partial charge in [-0.1, -0.05) is 30.3 Å². The molecule has 1 unspecified atom stereocenters. The van der Waals surface area contributed by atoms with Gasteiger partial charge in [0, 0.05) is 39.0 Å². The van der Waals surface area contributed by atoms with Gasteiger partial charge < -0.3 is 9.64 Å². The Balaban J connectivity index is 1.50. The minimum absolute atomic E-state index is 0.0495. The SMILES string of the molecule is CC(Oc1ccc(S(C)(=O)=O)cc1)C(=O)N1CCN(Cc2ccccc2)CC1. The molecule has 0 N–H and O–H groups in total. The van der Waals surface area contributed by atoms with Gasteiger partial charge in [-0.3, -0.25) is 9.69 Å². The molecule has 0 aliphatic carbocycles. The lowest BCUT2D eigenvalue weighted by Crippen LogP contribution is -2.51. The number of piperazine rings is 1. The van der Waals surface area contributed by atoms with Crippen LogP contribution in [-0.4, -0.2) is 62.7 Å². The second-order valence-electron chi connectivity index (χ2n) is 7.09. The van der Waals surface area contributed by atoms with Crippen LogP contribution in [0, 0.1) is 0 Å². The molecule has 0 aromatic heterocycles. The molecule has 2 aromatic rings. The fourth-order valence-electron chi connectivity index (χ4n) is 3.25. The number of hydrogen-bond donors (Lipinski definition) is 0. The Bertz CT molecular complexity index is 890. The van der Waals surface area contributed by atoms with E-state index in [0.29, 0.717) is 18.8 Å². The van der Waals surface area contributed by atoms with Crippen molar-refractivity contribution < 1.29 is 17.9 Å². The number of sulfone groups is 1. The van der Waals surface area contributed by atoms with Gasteiger partial charge in [-0.25, -0.2) is 8.42 Å². The van der Waals surface area contributed by atoms with E-state index < -0.39 is 15.9 Å². The van der Waals surface area contributed by atoms with E-state index in [0.717, 1.165) is 25.9 Å². The van der Waals surface area contributed by atoms with Gasteiger partial charge >= 0.3 is 0 Å². The minimum Gasteiger partial charge on any atom is -0.481 e. The van der Waals surface area contributed by atoms with E-state index in [-0.39, 0.29) is 10.8 Å². The molecular formula is C21H26N2O4S. The van der Waals surface area contributed by atoms with Gasteiger partial charge in [0.25, 0.3) is 5.91 Å². The molecular weight excluding hydrogens is 376 g/mol. The molecule has 150 valence electrons. The number of nitrogens with zero attached hydrogens (tertiary/aromatic N) is 2. The molecule has 1 heterocycles. The topological polar surface area (TPSA) is 66.9 Å². The monoisotopic (exact) mass is 402 g/mol. The summed E-state index contributed by atoms with van der Waals surface area (Å²) in [6, 6.07) is 16.5. The molecule has 0 saturated carbocycles. The maximum Gasteiger partial charge on any atom is 0.263 e. The van der Waals surface area contributed by atoms with Crippen molar-refractivity contribution >= 4 is 15.7 Å². The third-order valence-corrected chi connectivity index (χ3v) is 5.97. The van der Waals surface area contributed by atoms with Crippen LogP contribution < -0.4 is 4.74 Å². The molecule has 28 heavy (non-hydrogen) atoms. The summed E-state index contributed by atoms with van der Waals surface area (Å²) in [6.45, 7) is 5.62. The summed E-state index contributed by atoms with van der Waals surface area (Å²) < 4.78 is 28.8. The Labute approximate surface area is 166 Å². The van der Waals surface area contributed by atoms with Crippen molar-refractivity contribution in [3.05, 3.63) is 60.2 Å². The highest BCUT2D eigenvalue weighted by Gasteiger charge is 2.26. The lowest BCUT2D eigenvalue weighted by Gasteiger charge is -2.35. The lowest BCUT2D eigenvalue weighted by atomic mass is 10.2. The largest absolute Gasteiger partial charge is 0.481 e. The normalized spacial score (nSPS) is 16.6. The van der Waals surface area contributed by atoms with Gasteiger partial charge in [-0.15, -0.1) is 0 Å². The quantitative estimate of drug-likeness (QED) is 0.741. The number of amides is 1. The van der Waals surface area contributed by atoms with Crippen LogP contribution in [0.25, 0.3) is 0 Å². The predicted molar refractivity (Wildman–Crippen MR) is 108 cm³/mol. The Morgan fingerprint density at radius 3 is 2.18 bits per heavy atom. The summed E-state index contributed by atoms with van der Waals surface area (Å²) in [7, 11) is -3.24. The fourth-order valence-corrected chi connectivity index (χ4v) is 3.88. The predicted octanol–water partition coefficient (Wildman–Crippen LogP) is 2.20. The molecule has 1 aliphatic rings. The smallest absolute Gasteiger partial charge is 0.263 e. The van der Waals surface area contributed by atoms with Crippen LogP contribution in [0.15, 0.2) is 59.5 Å². The van der Waals surface area contributed by atoms with E-state index in [4.69, 9.17) is 4.74 Å². The number of carbonyl (C=O) groups excluding carboxylic acids is 1. The highest BCUT2D eigenvalue weighted by molar-refractivity contribution is 7.90. The first-order valence-corrected chi connectivity index (χ1v) is 11.2. The molecule has 6 nitrogen and oxygen atoms in total. The molecule has 1 amide bonds. The van der Waals surface area contributed by atoms with Crippen LogP contribution >= 0.6 is 0 Å². The van der Waals surface area contributed by atoms with Crippen LogP contribution in [-0.2, 0) is 21.2 Å². The van der Waals surface area contributed by atoms with Crippen LogP contribution in [0.4, 0.5) is 0 Å². The number of benzene rings is 2. The average Bonchev–Trinajstić information content (AvgIpc) is 2.68. The highest BCUT2D eigenvalue weighted by atomic mass is 32.2. The van der Waals surface area contributed by atoms with E-state index in [9.17, 15) is 13.2 Å². The summed E-state index contributed by atoms with van der Waals surface area (Å²) in [5.41, 5.74) is 1.27. The van der Waals surface area contributed by atoms with Crippen molar-refractivity contribution in [2.45, 2.75) is 24.5 Å². The van der Waals surface area contributed by atoms with E-state index in [1.807, 2.05) is 23.1 Å². The summed E-state index contributed by atoms with van der Waals surface area (Å²) in [5, 5.41) is 0. The van der Waals surface area contributed by atoms with Crippen molar-refractivity contribution in [2.75, 3.05) is 32.4 Å². The van der Waals surface area contributed by atoms with E-state index >= 15 is 0 Å². The van der Waals surface area contributed by atoms with Crippen molar-refractivity contribution in [1.82, 2.24) is 9.80 Å². The van der Waals surface area contributed by atoms with Gasteiger partial charge in [0.2, 0.25) is 0 Å². The molecule has 0 spiro atoms. The van der Waals surface area contributed by atoms with Crippen LogP contribution in [0.5, 0.6) is 5.75 Å². The van der Waals surface area contributed by atoms with Gasteiger partial charge in [-0.05, 0) is 36.8 Å². The fraction of sp³-hybridized carbons (Fsp3) is 0.381. The summed E-state index contributed by atoms with van der Waals surface area (Å²) in [5.74, 6) is 0.433. The first-order valence-electron chi connectivity index (χ1n) is 9.35. The zero-order chi connectivity index (χ0) is 20.1. The van der Waals surface area contributed by atoms with Crippen LogP contribution in [0.1, 0.15) is 12.5 Å². The van der Waals surface area contributed by atoms with Crippen molar-refractivity contribution in [2.24, 2.45) is 0 Å². The molecule has 0 radical (unpaired) electrons. The Kier molecular flexibility index (Phi) is 6.36. The average molecular weight is 403 g/mol. The third kappa shape index (κ3) is 5.33.